The van der Waals surface area contributed by atoms with Gasteiger partial charge in [0, 0.05) is 46.9 Å². The quantitative estimate of drug-likeness (QED) is 0.237. The van der Waals surface area contributed by atoms with E-state index in [1.807, 2.05) is 52.0 Å². The summed E-state index contributed by atoms with van der Waals surface area (Å²) in [7, 11) is 1.93. The lowest BCUT2D eigenvalue weighted by atomic mass is 9.96. The third-order valence-electron chi connectivity index (χ3n) is 7.75. The molecule has 4 aromatic heterocycles. The van der Waals surface area contributed by atoms with Crippen molar-refractivity contribution in [2.75, 3.05) is 19.8 Å². The van der Waals surface area contributed by atoms with Gasteiger partial charge >= 0.3 is 0 Å². The summed E-state index contributed by atoms with van der Waals surface area (Å²) in [6.07, 6.45) is 3.03. The van der Waals surface area contributed by atoms with Gasteiger partial charge in [0.15, 0.2) is 0 Å². The predicted octanol–water partition coefficient (Wildman–Crippen LogP) is 5.56. The maximum atomic E-state index is 15.9. The van der Waals surface area contributed by atoms with Crippen molar-refractivity contribution in [2.45, 2.75) is 13.1 Å². The number of hydrogen-bond donors (Lipinski definition) is 1. The minimum Gasteiger partial charge on any atom is -0.490 e. The largest absolute Gasteiger partial charge is 0.490 e. The molecular weight excluding hydrogens is 586 g/mol. The molecule has 9 nitrogen and oxygen atoms in total. The molecule has 0 saturated carbocycles. The van der Waals surface area contributed by atoms with Crippen molar-refractivity contribution in [1.82, 2.24) is 29.2 Å². The number of hydrogen-bond acceptors (Lipinski definition) is 7. The van der Waals surface area contributed by atoms with Crippen LogP contribution in [0.5, 0.6) is 5.75 Å². The maximum absolute atomic E-state index is 15.9. The van der Waals surface area contributed by atoms with Gasteiger partial charge in [-0.1, -0.05) is 12.6 Å². The molecule has 222 valence electrons. The third-order valence-corrected chi connectivity index (χ3v) is 8.68. The molecule has 1 amide bonds. The van der Waals surface area contributed by atoms with Gasteiger partial charge in [0.1, 0.15) is 35.4 Å². The van der Waals surface area contributed by atoms with Crippen LogP contribution in [0.2, 0.25) is 0 Å². The van der Waals surface area contributed by atoms with E-state index in [1.165, 1.54) is 17.4 Å². The maximum Gasteiger partial charge on any atom is 0.246 e. The van der Waals surface area contributed by atoms with Crippen molar-refractivity contribution in [3.8, 4) is 39.5 Å². The lowest BCUT2D eigenvalue weighted by Crippen LogP contribution is -2.37. The minimum atomic E-state index is -0.829. The molecule has 6 aromatic rings. The highest BCUT2D eigenvalue weighted by atomic mass is 32.1. The second-order valence-corrected chi connectivity index (χ2v) is 11.4. The minimum absolute atomic E-state index is 0.0240. The van der Waals surface area contributed by atoms with Crippen LogP contribution in [-0.4, -0.2) is 60.0 Å². The fourth-order valence-electron chi connectivity index (χ4n) is 5.71. The topological polar surface area (TPSA) is 98.3 Å². The number of ether oxygens (including phenoxy) is 1. The second kappa shape index (κ2) is 11.0. The number of benzene rings is 2. The molecule has 0 saturated heterocycles. The number of carbonyl (C=O) groups excluding carboxylic acids is 1. The van der Waals surface area contributed by atoms with Gasteiger partial charge in [-0.05, 0) is 35.7 Å². The third kappa shape index (κ3) is 4.63. The van der Waals surface area contributed by atoms with E-state index in [0.717, 1.165) is 39.8 Å². The Bertz CT molecular complexity index is 2100. The zero-order chi connectivity index (χ0) is 30.5. The molecule has 0 spiro atoms. The van der Waals surface area contributed by atoms with Gasteiger partial charge in [-0.3, -0.25) is 9.48 Å². The van der Waals surface area contributed by atoms with E-state index in [2.05, 4.69) is 11.6 Å². The molecule has 0 aliphatic carbocycles. The van der Waals surface area contributed by atoms with Crippen LogP contribution < -0.4 is 4.74 Å². The molecule has 1 aliphatic rings. The first-order valence-corrected chi connectivity index (χ1v) is 14.8. The monoisotopic (exact) mass is 612 g/mol. The number of aromatic nitrogens is 5. The van der Waals surface area contributed by atoms with E-state index in [1.54, 1.807) is 11.2 Å². The molecule has 44 heavy (non-hydrogen) atoms. The van der Waals surface area contributed by atoms with Crippen LogP contribution in [0.25, 0.3) is 54.9 Å². The standard InChI is InChI=1S/C32H26F2N6O3S/c1-3-27(42)39-7-8-40-20(16-39)15-24(37-40)31-29(28-22(34)13-19(33)14-26(28)43-10-9-41)32-21(6-11-44-32)30(36-31)18-4-5-25-23(12-18)35-17-38(25)2/h3-6,11-15,17,41H,1,7-10,16H2,2H3. The number of fused-ring (bicyclic) bond motifs is 3. The van der Waals surface area contributed by atoms with E-state index < -0.39 is 11.6 Å². The molecule has 0 bridgehead atoms. The molecule has 1 N–H and O–H groups in total. The van der Waals surface area contributed by atoms with Crippen molar-refractivity contribution < 1.29 is 23.4 Å². The van der Waals surface area contributed by atoms with Crippen LogP contribution in [0.1, 0.15) is 5.69 Å². The Labute approximate surface area is 254 Å². The van der Waals surface area contributed by atoms with E-state index in [0.29, 0.717) is 47.0 Å². The highest BCUT2D eigenvalue weighted by molar-refractivity contribution is 7.18. The van der Waals surface area contributed by atoms with Crippen LogP contribution in [0.3, 0.4) is 0 Å². The number of amides is 1. The Balaban J connectivity index is 1.50. The zero-order valence-electron chi connectivity index (χ0n) is 23.6. The first-order chi connectivity index (χ1) is 21.4. The van der Waals surface area contributed by atoms with E-state index in [9.17, 15) is 14.3 Å². The number of aliphatic hydroxyl groups excluding tert-OH is 1. The van der Waals surface area contributed by atoms with Gasteiger partial charge in [-0.15, -0.1) is 11.3 Å². The number of rotatable bonds is 7. The normalized spacial score (nSPS) is 13.0. The van der Waals surface area contributed by atoms with Crippen LogP contribution in [-0.2, 0) is 24.9 Å². The molecule has 5 heterocycles. The molecule has 7 rings (SSSR count). The Morgan fingerprint density at radius 3 is 2.82 bits per heavy atom. The summed E-state index contributed by atoms with van der Waals surface area (Å²) < 4.78 is 40.5. The summed E-state index contributed by atoms with van der Waals surface area (Å²) in [5, 5.41) is 16.9. The zero-order valence-corrected chi connectivity index (χ0v) is 24.4. The Morgan fingerprint density at radius 2 is 2.00 bits per heavy atom. The molecule has 0 unspecified atom stereocenters. The number of aryl methyl sites for hydroxylation is 1. The summed E-state index contributed by atoms with van der Waals surface area (Å²) in [5.41, 5.74) is 5.29. The first kappa shape index (κ1) is 27.9. The fourth-order valence-corrected chi connectivity index (χ4v) is 6.66. The van der Waals surface area contributed by atoms with E-state index in [-0.39, 0.29) is 30.4 Å². The molecule has 2 aromatic carbocycles. The summed E-state index contributed by atoms with van der Waals surface area (Å²) in [6.45, 7) is 4.36. The average molecular weight is 613 g/mol. The Morgan fingerprint density at radius 1 is 1.14 bits per heavy atom. The smallest absolute Gasteiger partial charge is 0.246 e. The molecular formula is C32H26F2N6O3S. The number of imidazole rings is 1. The van der Waals surface area contributed by atoms with Gasteiger partial charge in [-0.25, -0.2) is 18.7 Å². The highest BCUT2D eigenvalue weighted by Crippen LogP contribution is 2.47. The lowest BCUT2D eigenvalue weighted by molar-refractivity contribution is -0.127. The lowest BCUT2D eigenvalue weighted by Gasteiger charge is -2.26. The summed E-state index contributed by atoms with van der Waals surface area (Å²) in [4.78, 5) is 23.7. The van der Waals surface area contributed by atoms with Crippen LogP contribution in [0, 0.1) is 11.6 Å². The molecule has 1 aliphatic heterocycles. The summed E-state index contributed by atoms with van der Waals surface area (Å²) in [5.74, 6) is -1.86. The summed E-state index contributed by atoms with van der Waals surface area (Å²) in [6, 6.07) is 11.6. The Hall–Kier alpha value is -4.94. The van der Waals surface area contributed by atoms with Crippen LogP contribution in [0.15, 0.2) is 66.8 Å². The van der Waals surface area contributed by atoms with Crippen LogP contribution in [0.4, 0.5) is 8.78 Å². The van der Waals surface area contributed by atoms with Crippen molar-refractivity contribution in [1.29, 1.82) is 0 Å². The molecule has 0 fully saturated rings. The van der Waals surface area contributed by atoms with E-state index >= 15 is 4.39 Å². The van der Waals surface area contributed by atoms with Gasteiger partial charge in [0.05, 0.1) is 54.0 Å². The van der Waals surface area contributed by atoms with Crippen molar-refractivity contribution in [2.24, 2.45) is 7.05 Å². The highest BCUT2D eigenvalue weighted by Gasteiger charge is 2.28. The van der Waals surface area contributed by atoms with Gasteiger partial charge in [0.25, 0.3) is 0 Å². The number of pyridine rings is 1. The van der Waals surface area contributed by atoms with Crippen molar-refractivity contribution >= 4 is 38.4 Å². The van der Waals surface area contributed by atoms with Gasteiger partial charge in [0.2, 0.25) is 5.91 Å². The SMILES string of the molecule is C=CC(=O)N1CCn2nc(-c3nc(-c4ccc5c(c4)ncn5C)c4ccsc4c3-c3c(F)cc(F)cc3OCCO)cc2C1. The van der Waals surface area contributed by atoms with E-state index in [4.69, 9.17) is 14.8 Å². The Kier molecular flexibility index (Phi) is 6.94. The number of carbonyl (C=O) groups is 1. The number of halogens is 2. The van der Waals surface area contributed by atoms with Gasteiger partial charge < -0.3 is 19.3 Å². The predicted molar refractivity (Wildman–Crippen MR) is 164 cm³/mol. The first-order valence-electron chi connectivity index (χ1n) is 13.9. The number of aliphatic hydroxyl groups is 1. The second-order valence-electron chi connectivity index (χ2n) is 10.4. The van der Waals surface area contributed by atoms with Gasteiger partial charge in [-0.2, -0.15) is 5.10 Å². The van der Waals surface area contributed by atoms with Crippen LogP contribution >= 0.6 is 11.3 Å². The van der Waals surface area contributed by atoms with Crippen molar-refractivity contribution in [3.63, 3.8) is 0 Å². The molecule has 0 atom stereocenters. The van der Waals surface area contributed by atoms with Crippen molar-refractivity contribution in [3.05, 3.63) is 84.2 Å². The molecule has 12 heteroatoms. The fraction of sp³-hybridized carbons (Fsp3) is 0.188. The summed E-state index contributed by atoms with van der Waals surface area (Å²) >= 11 is 1.40. The number of thiophene rings is 1. The average Bonchev–Trinajstić information content (AvgIpc) is 3.77. The molecule has 0 radical (unpaired) electrons. The number of nitrogens with zero attached hydrogens (tertiary/aromatic N) is 6.